The summed E-state index contributed by atoms with van der Waals surface area (Å²) in [7, 11) is -0.904. The maximum absolute atomic E-state index is 14.6. The first-order chi connectivity index (χ1) is 11.1. The molecule has 2 aliphatic rings. The Balaban J connectivity index is 2.17. The van der Waals surface area contributed by atoms with Crippen LogP contribution in [0, 0.1) is 5.82 Å². The van der Waals surface area contributed by atoms with Gasteiger partial charge in [0.05, 0.1) is 11.2 Å². The molecule has 0 radical (unpaired) electrons. The third-order valence-corrected chi connectivity index (χ3v) is 4.86. The third kappa shape index (κ3) is 2.41. The maximum atomic E-state index is 14.6. The Bertz CT molecular complexity index is 863. The van der Waals surface area contributed by atoms with Crippen LogP contribution >= 0.6 is 0 Å². The standard InChI is InChI=1S/C16H19BFN2O4/c1-6-20-12-8-10(18)9(7-11(12)19-13(21)14(20)22)17-23-15(2,3)16(4,5)24-17/h7-8H,6H2,1-5H3/q+1. The largest absolute Gasteiger partial charge is 0.497 e. The number of carbonyl (C=O) groups is 2. The van der Waals surface area contributed by atoms with Gasteiger partial charge < -0.3 is 9.31 Å². The Morgan fingerprint density at radius 3 is 2.29 bits per heavy atom. The smallest absolute Gasteiger partial charge is 0.399 e. The molecule has 0 atom stereocenters. The van der Waals surface area contributed by atoms with Crippen LogP contribution in [0.15, 0.2) is 17.1 Å². The summed E-state index contributed by atoms with van der Waals surface area (Å²) in [4.78, 5) is 27.4. The lowest BCUT2D eigenvalue weighted by Crippen LogP contribution is -2.53. The summed E-state index contributed by atoms with van der Waals surface area (Å²) in [6, 6.07) is 2.62. The molecule has 1 aromatic rings. The monoisotopic (exact) mass is 333 g/mol. The molecule has 2 heterocycles. The van der Waals surface area contributed by atoms with Gasteiger partial charge in [-0.05, 0) is 40.7 Å². The van der Waals surface area contributed by atoms with Crippen molar-refractivity contribution in [3.8, 4) is 0 Å². The number of rotatable bonds is 2. The number of fused-ring (bicyclic) bond motifs is 1. The van der Waals surface area contributed by atoms with E-state index in [2.05, 4.69) is 4.99 Å². The number of amides is 2. The van der Waals surface area contributed by atoms with E-state index < -0.39 is 36.0 Å². The van der Waals surface area contributed by atoms with Crippen LogP contribution in [0.1, 0.15) is 34.6 Å². The van der Waals surface area contributed by atoms with Crippen molar-refractivity contribution in [1.29, 1.82) is 0 Å². The highest BCUT2D eigenvalue weighted by molar-refractivity contribution is 6.62. The summed E-state index contributed by atoms with van der Waals surface area (Å²) in [5.74, 6) is -2.19. The van der Waals surface area contributed by atoms with E-state index in [1.807, 2.05) is 27.7 Å². The molecule has 0 saturated carbocycles. The highest BCUT2D eigenvalue weighted by atomic mass is 19.1. The van der Waals surface area contributed by atoms with Crippen molar-refractivity contribution in [2.75, 3.05) is 6.54 Å². The van der Waals surface area contributed by atoms with Gasteiger partial charge in [0.25, 0.3) is 0 Å². The Morgan fingerprint density at radius 1 is 1.17 bits per heavy atom. The fraction of sp³-hybridized carbons (Fsp3) is 0.500. The molecular formula is C16H19BFN2O4+. The predicted octanol–water partition coefficient (Wildman–Crippen LogP) is -0.678. The lowest BCUT2D eigenvalue weighted by atomic mass is 9.78. The zero-order valence-corrected chi connectivity index (χ0v) is 14.3. The number of benzene rings is 1. The first kappa shape index (κ1) is 16.9. The topological polar surface area (TPSA) is 68.0 Å². The summed E-state index contributed by atoms with van der Waals surface area (Å²) in [5.41, 5.74) is -1.06. The number of carbonyl (C=O) groups excluding carboxylic acids is 2. The van der Waals surface area contributed by atoms with Crippen molar-refractivity contribution >= 4 is 24.4 Å². The zero-order chi connectivity index (χ0) is 17.9. The van der Waals surface area contributed by atoms with Crippen molar-refractivity contribution in [2.24, 2.45) is 4.99 Å². The molecule has 1 fully saturated rings. The minimum atomic E-state index is -0.904. The first-order valence-electron chi connectivity index (χ1n) is 7.84. The van der Waals surface area contributed by atoms with Gasteiger partial charge in [-0.25, -0.2) is 9.18 Å². The number of hydrogen-bond donors (Lipinski definition) is 0. The second-order valence-electron chi connectivity index (χ2n) is 6.92. The molecule has 8 heteroatoms. The third-order valence-electron chi connectivity index (χ3n) is 4.86. The van der Waals surface area contributed by atoms with Crippen molar-refractivity contribution in [2.45, 2.75) is 45.8 Å². The van der Waals surface area contributed by atoms with E-state index in [9.17, 15) is 14.0 Å². The minimum absolute atomic E-state index is 0.161. The molecule has 1 aromatic carbocycles. The van der Waals surface area contributed by atoms with E-state index in [1.165, 1.54) is 16.7 Å². The van der Waals surface area contributed by atoms with Gasteiger partial charge in [0.1, 0.15) is 11.2 Å². The molecule has 2 aliphatic heterocycles. The van der Waals surface area contributed by atoms with E-state index in [1.54, 1.807) is 6.92 Å². The van der Waals surface area contributed by atoms with Crippen LogP contribution in [0.2, 0.25) is 0 Å². The molecule has 0 aromatic heterocycles. The second kappa shape index (κ2) is 5.29. The van der Waals surface area contributed by atoms with Gasteiger partial charge in [0.2, 0.25) is 5.36 Å². The van der Waals surface area contributed by atoms with Crippen LogP contribution in [0.5, 0.6) is 0 Å². The molecule has 24 heavy (non-hydrogen) atoms. The van der Waals surface area contributed by atoms with Crippen LogP contribution in [-0.4, -0.2) is 36.7 Å². The van der Waals surface area contributed by atoms with E-state index in [0.29, 0.717) is 0 Å². The zero-order valence-electron chi connectivity index (χ0n) is 14.3. The Labute approximate surface area is 139 Å². The number of likely N-dealkylation sites (N-methyl/N-ethyl adjacent to an activating group) is 1. The Morgan fingerprint density at radius 2 is 1.75 bits per heavy atom. The molecule has 1 saturated heterocycles. The fourth-order valence-corrected chi connectivity index (χ4v) is 2.72. The van der Waals surface area contributed by atoms with Crippen molar-refractivity contribution < 1.29 is 23.3 Å². The second-order valence-corrected chi connectivity index (χ2v) is 6.92. The Kier molecular flexibility index (Phi) is 3.73. The molecular weight excluding hydrogens is 314 g/mol. The van der Waals surface area contributed by atoms with E-state index in [0.717, 1.165) is 0 Å². The molecule has 0 spiro atoms. The lowest BCUT2D eigenvalue weighted by molar-refractivity contribution is -0.138. The van der Waals surface area contributed by atoms with Crippen LogP contribution in [0.3, 0.4) is 0 Å². The van der Waals surface area contributed by atoms with Crippen LogP contribution < -0.4 is 20.8 Å². The molecule has 0 aliphatic carbocycles. The summed E-state index contributed by atoms with van der Waals surface area (Å²) in [6.45, 7) is 9.44. The molecule has 0 bridgehead atoms. The summed E-state index contributed by atoms with van der Waals surface area (Å²) >= 11 is 0. The molecule has 0 N–H and O–H groups in total. The first-order valence-corrected chi connectivity index (χ1v) is 7.84. The van der Waals surface area contributed by atoms with Crippen LogP contribution in [0.25, 0.3) is 0 Å². The van der Waals surface area contributed by atoms with Crippen LogP contribution in [0.4, 0.5) is 4.39 Å². The summed E-state index contributed by atoms with van der Waals surface area (Å²) in [6.07, 6.45) is 0. The number of halogens is 1. The summed E-state index contributed by atoms with van der Waals surface area (Å²) < 4.78 is 27.6. The molecule has 126 valence electrons. The average Bonchev–Trinajstić information content (AvgIpc) is 2.69. The van der Waals surface area contributed by atoms with Gasteiger partial charge in [-0.3, -0.25) is 4.79 Å². The van der Waals surface area contributed by atoms with E-state index in [-0.39, 0.29) is 22.7 Å². The Hall–Kier alpha value is -1.93. The van der Waals surface area contributed by atoms with Gasteiger partial charge in [-0.1, -0.05) is 0 Å². The fourth-order valence-electron chi connectivity index (χ4n) is 2.72. The van der Waals surface area contributed by atoms with E-state index in [4.69, 9.17) is 9.31 Å². The average molecular weight is 333 g/mol. The lowest BCUT2D eigenvalue weighted by Gasteiger charge is -2.32. The highest BCUT2D eigenvalue weighted by Gasteiger charge is 2.52. The predicted molar refractivity (Wildman–Crippen MR) is 84.7 cm³/mol. The molecule has 0 unspecified atom stereocenters. The molecule has 2 amide bonds. The van der Waals surface area contributed by atoms with Gasteiger partial charge in [0.15, 0.2) is 6.54 Å². The highest BCUT2D eigenvalue weighted by Crippen LogP contribution is 2.36. The van der Waals surface area contributed by atoms with Crippen molar-refractivity contribution in [3.63, 3.8) is 0 Å². The van der Waals surface area contributed by atoms with Gasteiger partial charge in [0, 0.05) is 11.5 Å². The van der Waals surface area contributed by atoms with Crippen molar-refractivity contribution in [3.05, 3.63) is 28.7 Å². The van der Waals surface area contributed by atoms with Crippen LogP contribution in [-0.2, 0) is 18.9 Å². The van der Waals surface area contributed by atoms with E-state index >= 15 is 0 Å². The maximum Gasteiger partial charge on any atom is 0.497 e. The molecule has 3 rings (SSSR count). The van der Waals surface area contributed by atoms with Gasteiger partial charge in [-0.2, -0.15) is 9.57 Å². The molecule has 6 nitrogen and oxygen atoms in total. The van der Waals surface area contributed by atoms with Gasteiger partial charge >= 0.3 is 18.9 Å². The number of hydrogen-bond acceptors (Lipinski definition) is 4. The quantitative estimate of drug-likeness (QED) is 0.409. The minimum Gasteiger partial charge on any atom is -0.399 e. The number of nitrogens with zero attached hydrogens (tertiary/aromatic N) is 2. The van der Waals surface area contributed by atoms with Gasteiger partial charge in [-0.15, -0.1) is 0 Å². The normalized spacial score (nSPS) is 21.8. The SMILES string of the molecule is CC[N+]1=c2cc(F)c(B3OC(C)(C)C(C)(C)O3)cc2=NC(=O)C1=O. The summed E-state index contributed by atoms with van der Waals surface area (Å²) in [5, 5.41) is 0.521. The van der Waals surface area contributed by atoms with Crippen molar-refractivity contribution in [1.82, 2.24) is 4.58 Å².